The molecule has 3 rings (SSSR count). The van der Waals surface area contributed by atoms with Gasteiger partial charge in [0.25, 0.3) is 16.8 Å². The maximum atomic E-state index is 13.6. The second-order valence-electron chi connectivity index (χ2n) is 7.21. The van der Waals surface area contributed by atoms with Gasteiger partial charge < -0.3 is 20.6 Å². The predicted octanol–water partition coefficient (Wildman–Crippen LogP) is 3.28. The van der Waals surface area contributed by atoms with Crippen molar-refractivity contribution in [3.05, 3.63) is 79.6 Å². The molecule has 3 aromatic rings. The van der Waals surface area contributed by atoms with Crippen LogP contribution in [0.2, 0.25) is 0 Å². The fourth-order valence-corrected chi connectivity index (χ4v) is 3.17. The lowest BCUT2D eigenvalue weighted by Crippen LogP contribution is -2.37. The average Bonchev–Trinajstić information content (AvgIpc) is 2.75. The highest BCUT2D eigenvalue weighted by atomic mass is 19.2. The zero-order valence-electron chi connectivity index (χ0n) is 17.1. The van der Waals surface area contributed by atoms with E-state index >= 15 is 0 Å². The molecule has 0 aliphatic carbocycles. The number of anilines is 3. The summed E-state index contributed by atoms with van der Waals surface area (Å²) in [5, 5.41) is 16.0. The normalized spacial score (nSPS) is 11.9. The van der Waals surface area contributed by atoms with E-state index in [1.165, 1.54) is 43.3 Å². The molecule has 1 atom stereocenters. The Bertz CT molecular complexity index is 1220. The number of carbonyl (C=O) groups excluding carboxylic acids is 1. The molecule has 162 valence electrons. The van der Waals surface area contributed by atoms with Crippen molar-refractivity contribution in [2.75, 3.05) is 24.7 Å². The molecule has 7 nitrogen and oxygen atoms in total. The highest BCUT2D eigenvalue weighted by Crippen LogP contribution is 2.33. The Morgan fingerprint density at radius 3 is 2.35 bits per heavy atom. The lowest BCUT2D eigenvalue weighted by atomic mass is 10.0. The number of phenols is 1. The molecule has 0 heterocycles. The van der Waals surface area contributed by atoms with Gasteiger partial charge in [0.2, 0.25) is 0 Å². The predicted molar refractivity (Wildman–Crippen MR) is 114 cm³/mol. The van der Waals surface area contributed by atoms with Crippen LogP contribution in [0.5, 0.6) is 5.75 Å². The van der Waals surface area contributed by atoms with Crippen LogP contribution in [0.1, 0.15) is 35.3 Å². The number of nitrogens with one attached hydrogen (secondary N) is 2. The third-order valence-electron chi connectivity index (χ3n) is 4.92. The number of aromatic hydroxyl groups is 1. The van der Waals surface area contributed by atoms with Crippen molar-refractivity contribution in [2.45, 2.75) is 19.4 Å². The van der Waals surface area contributed by atoms with Crippen LogP contribution in [0.15, 0.2) is 46.0 Å². The van der Waals surface area contributed by atoms with Gasteiger partial charge in [-0.15, -0.1) is 0 Å². The summed E-state index contributed by atoms with van der Waals surface area (Å²) in [6.45, 7) is 1.78. The van der Waals surface area contributed by atoms with E-state index < -0.39 is 34.4 Å². The van der Waals surface area contributed by atoms with E-state index in [1.807, 2.05) is 0 Å². The minimum Gasteiger partial charge on any atom is -0.505 e. The Morgan fingerprint density at radius 2 is 1.74 bits per heavy atom. The SMILES string of the molecule is CCC(Nc1c(Nc2cccc(C(=O)N(C)C)c2O)c(=O)c1=O)c1ccc(F)c(F)c1. The van der Waals surface area contributed by atoms with Crippen LogP contribution in [0.4, 0.5) is 25.8 Å². The molecule has 0 fully saturated rings. The molecule has 3 N–H and O–H groups in total. The minimum absolute atomic E-state index is 0.0245. The Hall–Kier alpha value is -3.75. The summed E-state index contributed by atoms with van der Waals surface area (Å²) in [7, 11) is 3.06. The summed E-state index contributed by atoms with van der Waals surface area (Å²) in [4.78, 5) is 37.8. The largest absolute Gasteiger partial charge is 0.505 e. The van der Waals surface area contributed by atoms with E-state index in [2.05, 4.69) is 10.6 Å². The molecule has 0 saturated carbocycles. The van der Waals surface area contributed by atoms with Crippen LogP contribution in [-0.4, -0.2) is 30.0 Å². The van der Waals surface area contributed by atoms with Crippen molar-refractivity contribution < 1.29 is 18.7 Å². The molecule has 0 radical (unpaired) electrons. The molecule has 0 aliphatic rings. The lowest BCUT2D eigenvalue weighted by molar-refractivity contribution is 0.0824. The number of benzene rings is 2. The van der Waals surface area contributed by atoms with Gasteiger partial charge in [-0.05, 0) is 36.2 Å². The number of hydrogen-bond acceptors (Lipinski definition) is 6. The van der Waals surface area contributed by atoms with Crippen LogP contribution in [0, 0.1) is 11.6 Å². The molecule has 3 aromatic carbocycles. The number of halogens is 2. The molecule has 0 bridgehead atoms. The molecule has 9 heteroatoms. The zero-order chi connectivity index (χ0) is 22.9. The Kier molecular flexibility index (Phi) is 6.05. The van der Waals surface area contributed by atoms with E-state index in [4.69, 9.17) is 0 Å². The van der Waals surface area contributed by atoms with Crippen LogP contribution < -0.4 is 21.5 Å². The van der Waals surface area contributed by atoms with E-state index in [9.17, 15) is 28.3 Å². The van der Waals surface area contributed by atoms with Crippen molar-refractivity contribution in [2.24, 2.45) is 0 Å². The molecule has 0 saturated heterocycles. The fraction of sp³-hybridized carbons (Fsp3) is 0.227. The number of hydrogen-bond donors (Lipinski definition) is 3. The summed E-state index contributed by atoms with van der Waals surface area (Å²) in [6, 6.07) is 7.25. The van der Waals surface area contributed by atoms with Crippen molar-refractivity contribution in [1.29, 1.82) is 0 Å². The fourth-order valence-electron chi connectivity index (χ4n) is 3.17. The van der Waals surface area contributed by atoms with E-state index in [1.54, 1.807) is 6.92 Å². The molecule has 0 spiro atoms. The minimum atomic E-state index is -1.02. The lowest BCUT2D eigenvalue weighted by Gasteiger charge is -2.22. The summed E-state index contributed by atoms with van der Waals surface area (Å²) < 4.78 is 26.8. The monoisotopic (exact) mass is 429 g/mol. The van der Waals surface area contributed by atoms with Gasteiger partial charge in [-0.3, -0.25) is 14.4 Å². The molecule has 1 amide bonds. The number of rotatable bonds is 7. The van der Waals surface area contributed by atoms with Gasteiger partial charge in [-0.1, -0.05) is 19.1 Å². The maximum absolute atomic E-state index is 13.6. The van der Waals surface area contributed by atoms with E-state index in [0.29, 0.717) is 12.0 Å². The number of phenolic OH excluding ortho intramolecular Hbond substituents is 1. The highest BCUT2D eigenvalue weighted by Gasteiger charge is 2.25. The van der Waals surface area contributed by atoms with Crippen LogP contribution in [0.25, 0.3) is 0 Å². The van der Waals surface area contributed by atoms with Crippen molar-refractivity contribution in [1.82, 2.24) is 4.90 Å². The van der Waals surface area contributed by atoms with E-state index in [-0.39, 0.29) is 28.4 Å². The number of amides is 1. The van der Waals surface area contributed by atoms with Gasteiger partial charge in [0.1, 0.15) is 11.4 Å². The third kappa shape index (κ3) is 4.11. The summed E-state index contributed by atoms with van der Waals surface area (Å²) in [6.07, 6.45) is 0.418. The first-order chi connectivity index (χ1) is 14.6. The van der Waals surface area contributed by atoms with Crippen molar-refractivity contribution in [3.8, 4) is 5.75 Å². The van der Waals surface area contributed by atoms with Gasteiger partial charge >= 0.3 is 0 Å². The van der Waals surface area contributed by atoms with Gasteiger partial charge in [0.05, 0.1) is 17.3 Å². The smallest absolute Gasteiger partial charge is 0.257 e. The van der Waals surface area contributed by atoms with Gasteiger partial charge in [-0.25, -0.2) is 8.78 Å². The molecule has 0 aromatic heterocycles. The first-order valence-electron chi connectivity index (χ1n) is 9.51. The topological polar surface area (TPSA) is 98.7 Å². The van der Waals surface area contributed by atoms with Gasteiger partial charge in [-0.2, -0.15) is 0 Å². The van der Waals surface area contributed by atoms with E-state index in [0.717, 1.165) is 12.1 Å². The molecule has 31 heavy (non-hydrogen) atoms. The number of nitrogens with zero attached hydrogens (tertiary/aromatic N) is 1. The van der Waals surface area contributed by atoms with Crippen molar-refractivity contribution >= 4 is 23.0 Å². The summed E-state index contributed by atoms with van der Waals surface area (Å²) in [5.74, 6) is -2.81. The maximum Gasteiger partial charge on any atom is 0.257 e. The molecule has 0 aliphatic heterocycles. The first-order valence-corrected chi connectivity index (χ1v) is 9.51. The standard InChI is InChI=1S/C22H21F2N3O4/c1-4-15(11-8-9-13(23)14(24)10-11)25-17-18(21(30)20(17)29)26-16-7-5-6-12(19(16)28)22(31)27(2)3/h5-10,15,25-26,28H,4H2,1-3H3. The second-order valence-corrected chi connectivity index (χ2v) is 7.21. The highest BCUT2D eigenvalue weighted by molar-refractivity contribution is 5.99. The first kappa shape index (κ1) is 21.9. The van der Waals surface area contributed by atoms with Crippen molar-refractivity contribution in [3.63, 3.8) is 0 Å². The van der Waals surface area contributed by atoms with Crippen LogP contribution >= 0.6 is 0 Å². The second kappa shape index (κ2) is 8.55. The molecular weight excluding hydrogens is 408 g/mol. The number of carbonyl (C=O) groups is 1. The van der Waals surface area contributed by atoms with Gasteiger partial charge in [0, 0.05) is 14.1 Å². The average molecular weight is 429 g/mol. The number of para-hydroxylation sites is 1. The Labute approximate surface area is 176 Å². The van der Waals surface area contributed by atoms with Gasteiger partial charge in [0.15, 0.2) is 17.4 Å². The van der Waals surface area contributed by atoms with Crippen LogP contribution in [0.3, 0.4) is 0 Å². The molecule has 1 unspecified atom stereocenters. The Balaban J connectivity index is 1.91. The summed E-state index contributed by atoms with van der Waals surface area (Å²) >= 11 is 0. The Morgan fingerprint density at radius 1 is 1.06 bits per heavy atom. The third-order valence-corrected chi connectivity index (χ3v) is 4.92. The summed E-state index contributed by atoms with van der Waals surface area (Å²) in [5.41, 5.74) is -1.20. The van der Waals surface area contributed by atoms with Crippen LogP contribution in [-0.2, 0) is 0 Å². The zero-order valence-corrected chi connectivity index (χ0v) is 17.1. The quantitative estimate of drug-likeness (QED) is 0.394. The molecular formula is C22H21F2N3O4.